The van der Waals surface area contributed by atoms with Gasteiger partial charge < -0.3 is 10.6 Å². The van der Waals surface area contributed by atoms with E-state index >= 15 is 0 Å². The van der Waals surface area contributed by atoms with Crippen LogP contribution in [-0.2, 0) is 11.3 Å². The molecule has 0 aliphatic heterocycles. The van der Waals surface area contributed by atoms with Crippen molar-refractivity contribution in [3.63, 3.8) is 0 Å². The van der Waals surface area contributed by atoms with Crippen molar-refractivity contribution < 1.29 is 4.79 Å². The third-order valence-electron chi connectivity index (χ3n) is 3.46. The van der Waals surface area contributed by atoms with Crippen LogP contribution >= 0.6 is 0 Å². The Morgan fingerprint density at radius 2 is 1.67 bits per heavy atom. The van der Waals surface area contributed by atoms with Gasteiger partial charge in [0.1, 0.15) is 0 Å². The Kier molecular flexibility index (Phi) is 5.12. The summed E-state index contributed by atoms with van der Waals surface area (Å²) in [6.45, 7) is 6.57. The maximum Gasteiger partial charge on any atom is 0.221 e. The number of hydrogen-bond acceptors (Lipinski definition) is 2. The molecule has 0 saturated carbocycles. The number of amides is 1. The van der Waals surface area contributed by atoms with Gasteiger partial charge in [-0.05, 0) is 37.1 Å². The van der Waals surface area contributed by atoms with E-state index in [1.165, 1.54) is 23.6 Å². The third kappa shape index (κ3) is 4.72. The van der Waals surface area contributed by atoms with E-state index in [1.54, 1.807) is 0 Å². The topological polar surface area (TPSA) is 41.1 Å². The zero-order chi connectivity index (χ0) is 15.2. The summed E-state index contributed by atoms with van der Waals surface area (Å²) < 4.78 is 0. The van der Waals surface area contributed by atoms with Crippen LogP contribution < -0.4 is 10.6 Å². The number of aryl methyl sites for hydroxylation is 1. The molecule has 2 aromatic carbocycles. The van der Waals surface area contributed by atoms with Crippen LogP contribution in [0.4, 0.5) is 5.69 Å². The molecule has 1 amide bonds. The summed E-state index contributed by atoms with van der Waals surface area (Å²) in [6.07, 6.45) is 0. The molecule has 0 aromatic heterocycles. The van der Waals surface area contributed by atoms with Crippen LogP contribution in [0.1, 0.15) is 36.6 Å². The number of carbonyl (C=O) groups is 1. The van der Waals surface area contributed by atoms with Gasteiger partial charge in [0.2, 0.25) is 5.91 Å². The summed E-state index contributed by atoms with van der Waals surface area (Å²) in [5, 5.41) is 6.28. The second-order valence-corrected chi connectivity index (χ2v) is 5.39. The predicted molar refractivity (Wildman–Crippen MR) is 87.2 cm³/mol. The lowest BCUT2D eigenvalue weighted by atomic mass is 10.1. The molecule has 3 heteroatoms. The highest BCUT2D eigenvalue weighted by atomic mass is 16.1. The first-order valence-electron chi connectivity index (χ1n) is 7.21. The van der Waals surface area contributed by atoms with Crippen LogP contribution in [-0.4, -0.2) is 5.91 Å². The third-order valence-corrected chi connectivity index (χ3v) is 3.46. The molecule has 0 spiro atoms. The van der Waals surface area contributed by atoms with Gasteiger partial charge in [0, 0.05) is 25.2 Å². The Morgan fingerprint density at radius 1 is 1.05 bits per heavy atom. The van der Waals surface area contributed by atoms with Crippen molar-refractivity contribution in [2.45, 2.75) is 33.4 Å². The molecular weight excluding hydrogens is 260 g/mol. The molecule has 3 nitrogen and oxygen atoms in total. The number of hydrogen-bond donors (Lipinski definition) is 2. The Balaban J connectivity index is 1.90. The maximum atomic E-state index is 11.0. The minimum atomic E-state index is -0.0473. The number of anilines is 1. The SMILES string of the molecule is CC(=O)Nc1ccc(CN[C@H](C)c2ccc(C)cc2)cc1. The molecule has 2 rings (SSSR count). The van der Waals surface area contributed by atoms with E-state index in [-0.39, 0.29) is 5.91 Å². The Labute approximate surface area is 126 Å². The summed E-state index contributed by atoms with van der Waals surface area (Å²) in [5.41, 5.74) is 4.59. The van der Waals surface area contributed by atoms with E-state index in [2.05, 4.69) is 48.7 Å². The minimum Gasteiger partial charge on any atom is -0.326 e. The molecular formula is C18H22N2O. The lowest BCUT2D eigenvalue weighted by Gasteiger charge is -2.15. The Bertz CT molecular complexity index is 588. The van der Waals surface area contributed by atoms with Crippen molar-refractivity contribution in [3.05, 3.63) is 65.2 Å². The van der Waals surface area contributed by atoms with Gasteiger partial charge in [-0.25, -0.2) is 0 Å². The average molecular weight is 282 g/mol. The van der Waals surface area contributed by atoms with Gasteiger partial charge in [0.25, 0.3) is 0 Å². The van der Waals surface area contributed by atoms with Crippen molar-refractivity contribution in [1.82, 2.24) is 5.32 Å². The average Bonchev–Trinajstić information content (AvgIpc) is 2.46. The van der Waals surface area contributed by atoms with E-state index in [9.17, 15) is 4.79 Å². The minimum absolute atomic E-state index is 0.0473. The van der Waals surface area contributed by atoms with E-state index in [4.69, 9.17) is 0 Å². The van der Waals surface area contributed by atoms with Gasteiger partial charge in [-0.3, -0.25) is 4.79 Å². The van der Waals surface area contributed by atoms with Crippen LogP contribution in [0.25, 0.3) is 0 Å². The van der Waals surface area contributed by atoms with Gasteiger partial charge in [0.05, 0.1) is 0 Å². The van der Waals surface area contributed by atoms with Crippen molar-refractivity contribution in [3.8, 4) is 0 Å². The first-order valence-corrected chi connectivity index (χ1v) is 7.21. The van der Waals surface area contributed by atoms with Crippen LogP contribution in [0.15, 0.2) is 48.5 Å². The number of rotatable bonds is 5. The number of carbonyl (C=O) groups excluding carboxylic acids is 1. The lowest BCUT2D eigenvalue weighted by molar-refractivity contribution is -0.114. The van der Waals surface area contributed by atoms with Crippen molar-refractivity contribution in [2.24, 2.45) is 0 Å². The van der Waals surface area contributed by atoms with Crippen LogP contribution in [0.2, 0.25) is 0 Å². The highest BCUT2D eigenvalue weighted by molar-refractivity contribution is 5.88. The molecule has 1 atom stereocenters. The van der Waals surface area contributed by atoms with E-state index in [1.807, 2.05) is 24.3 Å². The molecule has 0 heterocycles. The van der Waals surface area contributed by atoms with E-state index in [0.717, 1.165) is 12.2 Å². The smallest absolute Gasteiger partial charge is 0.221 e. The van der Waals surface area contributed by atoms with E-state index < -0.39 is 0 Å². The van der Waals surface area contributed by atoms with Crippen LogP contribution in [0.5, 0.6) is 0 Å². The highest BCUT2D eigenvalue weighted by Gasteiger charge is 2.04. The molecule has 0 aliphatic carbocycles. The van der Waals surface area contributed by atoms with Crippen molar-refractivity contribution >= 4 is 11.6 Å². The second kappa shape index (κ2) is 7.04. The summed E-state index contributed by atoms with van der Waals surface area (Å²) in [4.78, 5) is 11.0. The lowest BCUT2D eigenvalue weighted by Crippen LogP contribution is -2.18. The van der Waals surface area contributed by atoms with Crippen molar-refractivity contribution in [2.75, 3.05) is 5.32 Å². The molecule has 2 aromatic rings. The van der Waals surface area contributed by atoms with Crippen LogP contribution in [0.3, 0.4) is 0 Å². The standard InChI is InChI=1S/C18H22N2O/c1-13-4-8-17(9-5-13)14(2)19-12-16-6-10-18(11-7-16)20-15(3)21/h4-11,14,19H,12H2,1-3H3,(H,20,21)/t14-/m1/s1. The fourth-order valence-corrected chi connectivity index (χ4v) is 2.15. The Morgan fingerprint density at radius 3 is 2.24 bits per heavy atom. The van der Waals surface area contributed by atoms with Crippen molar-refractivity contribution in [1.29, 1.82) is 0 Å². The molecule has 0 saturated heterocycles. The molecule has 110 valence electrons. The molecule has 0 fully saturated rings. The zero-order valence-corrected chi connectivity index (χ0v) is 12.8. The van der Waals surface area contributed by atoms with Crippen LogP contribution in [0, 0.1) is 6.92 Å². The molecule has 0 aliphatic rings. The summed E-state index contributed by atoms with van der Waals surface area (Å²) in [5.74, 6) is -0.0473. The monoisotopic (exact) mass is 282 g/mol. The highest BCUT2D eigenvalue weighted by Crippen LogP contribution is 2.15. The maximum absolute atomic E-state index is 11.0. The Hall–Kier alpha value is -2.13. The zero-order valence-electron chi connectivity index (χ0n) is 12.8. The molecule has 2 N–H and O–H groups in total. The van der Waals surface area contributed by atoms with Gasteiger partial charge >= 0.3 is 0 Å². The predicted octanol–water partition coefficient (Wildman–Crippen LogP) is 3.80. The summed E-state index contributed by atoms with van der Waals surface area (Å²) in [6, 6.07) is 16.8. The quantitative estimate of drug-likeness (QED) is 0.875. The normalized spacial score (nSPS) is 12.0. The number of nitrogens with one attached hydrogen (secondary N) is 2. The fraction of sp³-hybridized carbons (Fsp3) is 0.278. The number of benzene rings is 2. The molecule has 21 heavy (non-hydrogen) atoms. The van der Waals surface area contributed by atoms with Gasteiger partial charge in [-0.1, -0.05) is 42.0 Å². The van der Waals surface area contributed by atoms with E-state index in [0.29, 0.717) is 6.04 Å². The molecule has 0 unspecified atom stereocenters. The largest absolute Gasteiger partial charge is 0.326 e. The molecule has 0 radical (unpaired) electrons. The first-order chi connectivity index (χ1) is 10.0. The van der Waals surface area contributed by atoms with Gasteiger partial charge in [0.15, 0.2) is 0 Å². The summed E-state index contributed by atoms with van der Waals surface area (Å²) in [7, 11) is 0. The van der Waals surface area contributed by atoms with Gasteiger partial charge in [-0.15, -0.1) is 0 Å². The summed E-state index contributed by atoms with van der Waals surface area (Å²) >= 11 is 0. The fourth-order valence-electron chi connectivity index (χ4n) is 2.15. The second-order valence-electron chi connectivity index (χ2n) is 5.39. The van der Waals surface area contributed by atoms with Gasteiger partial charge in [-0.2, -0.15) is 0 Å². The first kappa shape index (κ1) is 15.3. The molecule has 0 bridgehead atoms.